The number of amides is 1. The number of hydrogen-bond acceptors (Lipinski definition) is 4. The summed E-state index contributed by atoms with van der Waals surface area (Å²) in [5.74, 6) is -0.869. The SMILES string of the molecule is O=C(O)[C@@H]1C[C@H](O)CN1C(=O)CC1CNC1. The first-order valence-corrected chi connectivity index (χ1v) is 5.49. The number of carbonyl (C=O) groups excluding carboxylic acids is 1. The van der Waals surface area contributed by atoms with Gasteiger partial charge in [-0.05, 0) is 19.0 Å². The van der Waals surface area contributed by atoms with Gasteiger partial charge in [-0.25, -0.2) is 4.79 Å². The third-order valence-corrected chi connectivity index (χ3v) is 3.21. The zero-order valence-corrected chi connectivity index (χ0v) is 8.93. The molecule has 0 bridgehead atoms. The Morgan fingerprint density at radius 1 is 1.38 bits per heavy atom. The van der Waals surface area contributed by atoms with Gasteiger partial charge in [0, 0.05) is 19.4 Å². The molecule has 2 fully saturated rings. The minimum atomic E-state index is -1.03. The minimum absolute atomic E-state index is 0.143. The van der Waals surface area contributed by atoms with Gasteiger partial charge in [-0.15, -0.1) is 0 Å². The lowest BCUT2D eigenvalue weighted by molar-refractivity contribution is -0.148. The van der Waals surface area contributed by atoms with Gasteiger partial charge in [0.15, 0.2) is 0 Å². The van der Waals surface area contributed by atoms with Crippen LogP contribution in [0.4, 0.5) is 0 Å². The molecular weight excluding hydrogens is 212 g/mol. The number of aliphatic hydroxyl groups excluding tert-OH is 1. The zero-order chi connectivity index (χ0) is 11.7. The van der Waals surface area contributed by atoms with Gasteiger partial charge in [-0.3, -0.25) is 4.79 Å². The van der Waals surface area contributed by atoms with Gasteiger partial charge in [0.25, 0.3) is 0 Å². The first-order chi connectivity index (χ1) is 7.58. The molecule has 3 N–H and O–H groups in total. The monoisotopic (exact) mass is 228 g/mol. The molecule has 2 aliphatic rings. The van der Waals surface area contributed by atoms with E-state index in [9.17, 15) is 14.7 Å². The Labute approximate surface area is 93.2 Å². The summed E-state index contributed by atoms with van der Waals surface area (Å²) in [6, 6.07) is -0.851. The van der Waals surface area contributed by atoms with Crippen LogP contribution in [0.1, 0.15) is 12.8 Å². The summed E-state index contributed by atoms with van der Waals surface area (Å²) in [5, 5.41) is 21.4. The van der Waals surface area contributed by atoms with E-state index in [0.29, 0.717) is 12.3 Å². The second-order valence-corrected chi connectivity index (χ2v) is 4.52. The molecule has 2 aliphatic heterocycles. The second-order valence-electron chi connectivity index (χ2n) is 4.52. The van der Waals surface area contributed by atoms with Gasteiger partial charge in [-0.2, -0.15) is 0 Å². The Kier molecular flexibility index (Phi) is 3.11. The predicted molar refractivity (Wildman–Crippen MR) is 54.7 cm³/mol. The van der Waals surface area contributed by atoms with Crippen LogP contribution in [-0.2, 0) is 9.59 Å². The molecule has 0 aromatic rings. The lowest BCUT2D eigenvalue weighted by atomic mass is 9.98. The zero-order valence-electron chi connectivity index (χ0n) is 8.93. The van der Waals surface area contributed by atoms with Gasteiger partial charge >= 0.3 is 5.97 Å². The van der Waals surface area contributed by atoms with Crippen molar-refractivity contribution in [1.82, 2.24) is 10.2 Å². The van der Waals surface area contributed by atoms with Gasteiger partial charge in [0.2, 0.25) is 5.91 Å². The number of rotatable bonds is 3. The molecule has 6 heteroatoms. The van der Waals surface area contributed by atoms with E-state index in [1.54, 1.807) is 0 Å². The molecule has 16 heavy (non-hydrogen) atoms. The van der Waals surface area contributed by atoms with Crippen LogP contribution in [0.5, 0.6) is 0 Å². The Hall–Kier alpha value is -1.14. The van der Waals surface area contributed by atoms with Crippen molar-refractivity contribution in [3.8, 4) is 0 Å². The number of β-amino-alcohol motifs (C(OH)–C–C–N with tert-alkyl or cyclic N) is 1. The Morgan fingerprint density at radius 2 is 2.06 bits per heavy atom. The van der Waals surface area contributed by atoms with Crippen molar-refractivity contribution >= 4 is 11.9 Å². The molecular formula is C10H16N2O4. The first-order valence-electron chi connectivity index (χ1n) is 5.49. The topological polar surface area (TPSA) is 89.9 Å². The molecule has 0 radical (unpaired) electrons. The van der Waals surface area contributed by atoms with Crippen LogP contribution in [0.2, 0.25) is 0 Å². The fourth-order valence-corrected chi connectivity index (χ4v) is 2.18. The number of nitrogens with zero attached hydrogens (tertiary/aromatic N) is 1. The average Bonchev–Trinajstić information content (AvgIpc) is 2.53. The highest BCUT2D eigenvalue weighted by Crippen LogP contribution is 2.21. The number of likely N-dealkylation sites (tertiary alicyclic amines) is 1. The van der Waals surface area contributed by atoms with Crippen LogP contribution in [0.15, 0.2) is 0 Å². The molecule has 2 saturated heterocycles. The molecule has 0 unspecified atom stereocenters. The summed E-state index contributed by atoms with van der Waals surface area (Å²) in [4.78, 5) is 24.0. The van der Waals surface area contributed by atoms with Crippen LogP contribution in [0.25, 0.3) is 0 Å². The van der Waals surface area contributed by atoms with Crippen molar-refractivity contribution in [3.05, 3.63) is 0 Å². The van der Waals surface area contributed by atoms with Crippen molar-refractivity contribution < 1.29 is 19.8 Å². The highest BCUT2D eigenvalue weighted by molar-refractivity contribution is 5.84. The van der Waals surface area contributed by atoms with Crippen molar-refractivity contribution in [2.45, 2.75) is 25.0 Å². The third-order valence-electron chi connectivity index (χ3n) is 3.21. The van der Waals surface area contributed by atoms with E-state index < -0.39 is 18.1 Å². The molecule has 0 aliphatic carbocycles. The van der Waals surface area contributed by atoms with E-state index >= 15 is 0 Å². The molecule has 0 aromatic carbocycles. The summed E-state index contributed by atoms with van der Waals surface area (Å²) >= 11 is 0. The number of nitrogens with one attached hydrogen (secondary N) is 1. The summed E-state index contributed by atoms with van der Waals surface area (Å²) < 4.78 is 0. The number of aliphatic carboxylic acids is 1. The Balaban J connectivity index is 1.95. The van der Waals surface area contributed by atoms with Crippen molar-refractivity contribution in [1.29, 1.82) is 0 Å². The molecule has 0 aromatic heterocycles. The van der Waals surface area contributed by atoms with E-state index in [1.807, 2.05) is 0 Å². The Bertz CT molecular complexity index is 303. The van der Waals surface area contributed by atoms with Gasteiger partial charge in [0.1, 0.15) is 6.04 Å². The number of carboxylic acid groups (broad SMARTS) is 1. The standard InChI is InChI=1S/C10H16N2O4/c13-7-2-8(10(15)16)12(5-7)9(14)1-6-3-11-4-6/h6-8,11,13H,1-5H2,(H,15,16)/t7-,8-/m0/s1. The van der Waals surface area contributed by atoms with Crippen LogP contribution in [0.3, 0.4) is 0 Å². The van der Waals surface area contributed by atoms with Crippen molar-refractivity contribution in [3.63, 3.8) is 0 Å². The number of hydrogen-bond donors (Lipinski definition) is 3. The summed E-state index contributed by atoms with van der Waals surface area (Å²) in [5.41, 5.74) is 0. The maximum absolute atomic E-state index is 11.8. The van der Waals surface area contributed by atoms with E-state index in [4.69, 9.17) is 5.11 Å². The summed E-state index contributed by atoms with van der Waals surface area (Å²) in [7, 11) is 0. The van der Waals surface area contributed by atoms with Crippen LogP contribution in [-0.4, -0.2) is 58.8 Å². The fourth-order valence-electron chi connectivity index (χ4n) is 2.18. The molecule has 0 saturated carbocycles. The molecule has 90 valence electrons. The Morgan fingerprint density at radius 3 is 2.56 bits per heavy atom. The van der Waals surface area contributed by atoms with Crippen molar-refractivity contribution in [2.24, 2.45) is 5.92 Å². The van der Waals surface area contributed by atoms with E-state index in [0.717, 1.165) is 13.1 Å². The van der Waals surface area contributed by atoms with E-state index in [1.165, 1.54) is 4.90 Å². The highest BCUT2D eigenvalue weighted by Gasteiger charge is 2.39. The molecule has 2 atom stereocenters. The largest absolute Gasteiger partial charge is 0.480 e. The fraction of sp³-hybridized carbons (Fsp3) is 0.800. The van der Waals surface area contributed by atoms with Gasteiger partial charge in [0.05, 0.1) is 6.10 Å². The summed E-state index contributed by atoms with van der Waals surface area (Å²) in [6.07, 6.45) is -0.183. The van der Waals surface area contributed by atoms with Crippen LogP contribution in [0, 0.1) is 5.92 Å². The molecule has 2 heterocycles. The quantitative estimate of drug-likeness (QED) is 0.555. The lowest BCUT2D eigenvalue weighted by Crippen LogP contribution is -2.47. The van der Waals surface area contributed by atoms with Crippen LogP contribution >= 0.6 is 0 Å². The van der Waals surface area contributed by atoms with Gasteiger partial charge < -0.3 is 20.4 Å². The predicted octanol–water partition coefficient (Wildman–Crippen LogP) is -1.36. The first kappa shape index (κ1) is 11.3. The summed E-state index contributed by atoms with van der Waals surface area (Å²) in [6.45, 7) is 1.79. The highest BCUT2D eigenvalue weighted by atomic mass is 16.4. The minimum Gasteiger partial charge on any atom is -0.480 e. The van der Waals surface area contributed by atoms with E-state index in [2.05, 4.69) is 5.32 Å². The number of carboxylic acids is 1. The van der Waals surface area contributed by atoms with Gasteiger partial charge in [-0.1, -0.05) is 0 Å². The number of aliphatic hydroxyl groups is 1. The maximum atomic E-state index is 11.8. The molecule has 0 spiro atoms. The number of carbonyl (C=O) groups is 2. The molecule has 2 rings (SSSR count). The maximum Gasteiger partial charge on any atom is 0.326 e. The van der Waals surface area contributed by atoms with Crippen molar-refractivity contribution in [2.75, 3.05) is 19.6 Å². The average molecular weight is 228 g/mol. The molecule has 6 nitrogen and oxygen atoms in total. The van der Waals surface area contributed by atoms with E-state index in [-0.39, 0.29) is 18.9 Å². The van der Waals surface area contributed by atoms with Crippen LogP contribution < -0.4 is 5.32 Å². The third kappa shape index (κ3) is 2.17. The smallest absolute Gasteiger partial charge is 0.326 e. The normalized spacial score (nSPS) is 30.2. The lowest BCUT2D eigenvalue weighted by Gasteiger charge is -2.29. The molecule has 1 amide bonds. The second kappa shape index (κ2) is 4.39.